The molecule has 0 spiro atoms. The van der Waals surface area contributed by atoms with E-state index in [1.165, 1.54) is 7.11 Å². The highest BCUT2D eigenvalue weighted by atomic mass is 16.5. The largest absolute Gasteiger partial charge is 0.468 e. The van der Waals surface area contributed by atoms with Crippen molar-refractivity contribution in [2.24, 2.45) is 0 Å². The van der Waals surface area contributed by atoms with Gasteiger partial charge in [0.05, 0.1) is 13.7 Å². The number of nitrogens with one attached hydrogen (secondary N) is 1. The van der Waals surface area contributed by atoms with Crippen LogP contribution in [-0.4, -0.2) is 63.9 Å². The average molecular weight is 274 g/mol. The zero-order valence-corrected chi connectivity index (χ0v) is 13.1. The molecule has 0 saturated heterocycles. The van der Waals surface area contributed by atoms with Gasteiger partial charge in [-0.15, -0.1) is 0 Å². The van der Waals surface area contributed by atoms with Gasteiger partial charge in [-0.05, 0) is 53.8 Å². The van der Waals surface area contributed by atoms with Gasteiger partial charge in [-0.1, -0.05) is 0 Å². The Bertz CT molecular complexity index is 249. The lowest BCUT2D eigenvalue weighted by Crippen LogP contribution is -2.48. The van der Waals surface area contributed by atoms with Crippen molar-refractivity contribution in [3.8, 4) is 0 Å². The van der Waals surface area contributed by atoms with Gasteiger partial charge in [0.2, 0.25) is 0 Å². The molecule has 19 heavy (non-hydrogen) atoms. The number of likely N-dealkylation sites (N-methyl/N-ethyl adjacent to an activating group) is 2. The fraction of sp³-hybridized carbons (Fsp3) is 0.929. The number of hydrogen-bond acceptors (Lipinski definition) is 5. The van der Waals surface area contributed by atoms with Crippen molar-refractivity contribution in [3.05, 3.63) is 0 Å². The summed E-state index contributed by atoms with van der Waals surface area (Å²) in [5, 5.41) is 3.05. The van der Waals surface area contributed by atoms with Crippen LogP contribution in [0.5, 0.6) is 0 Å². The number of unbranched alkanes of at least 4 members (excludes halogenated alkanes) is 1. The highest BCUT2D eigenvalue weighted by Crippen LogP contribution is 2.15. The minimum absolute atomic E-state index is 0.195. The van der Waals surface area contributed by atoms with Gasteiger partial charge < -0.3 is 19.7 Å². The molecular formula is C14H30N2O3. The van der Waals surface area contributed by atoms with Crippen molar-refractivity contribution in [1.82, 2.24) is 10.2 Å². The quantitative estimate of drug-likeness (QED) is 0.454. The van der Waals surface area contributed by atoms with E-state index in [1.54, 1.807) is 7.05 Å². The van der Waals surface area contributed by atoms with Crippen molar-refractivity contribution in [3.63, 3.8) is 0 Å². The molecule has 5 nitrogen and oxygen atoms in total. The first-order chi connectivity index (χ1) is 9.00. The molecule has 1 unspecified atom stereocenters. The van der Waals surface area contributed by atoms with Crippen molar-refractivity contribution < 1.29 is 14.3 Å². The Morgan fingerprint density at radius 1 is 1.32 bits per heavy atom. The molecule has 0 radical (unpaired) electrons. The molecule has 0 rings (SSSR count). The van der Waals surface area contributed by atoms with E-state index in [4.69, 9.17) is 9.47 Å². The van der Waals surface area contributed by atoms with Crippen LogP contribution in [0.3, 0.4) is 0 Å². The molecule has 0 aliphatic carbocycles. The van der Waals surface area contributed by atoms with Gasteiger partial charge in [-0.2, -0.15) is 0 Å². The van der Waals surface area contributed by atoms with Crippen LogP contribution in [0.2, 0.25) is 0 Å². The Balaban J connectivity index is 3.80. The molecule has 1 N–H and O–H groups in total. The average Bonchev–Trinajstić information content (AvgIpc) is 2.42. The maximum Gasteiger partial charge on any atom is 0.325 e. The molecule has 0 bridgehead atoms. The standard InChI is InChI=1S/C14H30N2O3/c1-6-19-12-11-16(4)10-8-7-9-14(2,15-3)13(17)18-5/h15H,6-12H2,1-5H3. The topological polar surface area (TPSA) is 50.8 Å². The molecule has 0 aromatic heterocycles. The fourth-order valence-corrected chi connectivity index (χ4v) is 1.89. The summed E-state index contributed by atoms with van der Waals surface area (Å²) in [6.07, 6.45) is 2.85. The first-order valence-corrected chi connectivity index (χ1v) is 7.03. The zero-order valence-electron chi connectivity index (χ0n) is 13.1. The van der Waals surface area contributed by atoms with Gasteiger partial charge in [0.25, 0.3) is 0 Å². The lowest BCUT2D eigenvalue weighted by molar-refractivity contribution is -0.148. The van der Waals surface area contributed by atoms with Gasteiger partial charge in [-0.25, -0.2) is 0 Å². The van der Waals surface area contributed by atoms with Crippen molar-refractivity contribution >= 4 is 5.97 Å². The van der Waals surface area contributed by atoms with Crippen LogP contribution in [0.4, 0.5) is 0 Å². The summed E-state index contributed by atoms with van der Waals surface area (Å²) in [6, 6.07) is 0. The van der Waals surface area contributed by atoms with Crippen molar-refractivity contribution in [2.45, 2.75) is 38.6 Å². The van der Waals surface area contributed by atoms with Crippen LogP contribution >= 0.6 is 0 Å². The maximum atomic E-state index is 11.7. The molecule has 0 saturated carbocycles. The normalized spacial score (nSPS) is 14.4. The highest BCUT2D eigenvalue weighted by molar-refractivity contribution is 5.80. The second-order valence-corrected chi connectivity index (χ2v) is 5.03. The van der Waals surface area contributed by atoms with Crippen LogP contribution in [0.15, 0.2) is 0 Å². The molecule has 0 aliphatic rings. The van der Waals surface area contributed by atoms with Gasteiger partial charge in [0.1, 0.15) is 5.54 Å². The van der Waals surface area contributed by atoms with Crippen molar-refractivity contribution in [1.29, 1.82) is 0 Å². The van der Waals surface area contributed by atoms with E-state index >= 15 is 0 Å². The number of hydrogen-bond donors (Lipinski definition) is 1. The minimum Gasteiger partial charge on any atom is -0.468 e. The Hall–Kier alpha value is -0.650. The third kappa shape index (κ3) is 7.50. The summed E-state index contributed by atoms with van der Waals surface area (Å²) in [5.41, 5.74) is -0.571. The lowest BCUT2D eigenvalue weighted by atomic mass is 9.95. The summed E-state index contributed by atoms with van der Waals surface area (Å²) in [7, 11) is 5.32. The van der Waals surface area contributed by atoms with E-state index in [1.807, 2.05) is 13.8 Å². The summed E-state index contributed by atoms with van der Waals surface area (Å²) in [6.45, 7) is 7.42. The molecule has 0 aliphatic heterocycles. The van der Waals surface area contributed by atoms with E-state index in [9.17, 15) is 4.79 Å². The molecular weight excluding hydrogens is 244 g/mol. The Morgan fingerprint density at radius 3 is 2.53 bits per heavy atom. The highest BCUT2D eigenvalue weighted by Gasteiger charge is 2.31. The molecule has 0 aromatic carbocycles. The molecule has 0 amide bonds. The minimum atomic E-state index is -0.571. The van der Waals surface area contributed by atoms with Gasteiger partial charge in [0, 0.05) is 13.2 Å². The lowest BCUT2D eigenvalue weighted by Gasteiger charge is -2.26. The van der Waals surface area contributed by atoms with Crippen LogP contribution < -0.4 is 5.32 Å². The first kappa shape index (κ1) is 18.4. The van der Waals surface area contributed by atoms with E-state index < -0.39 is 5.54 Å². The second kappa shape index (κ2) is 10.2. The van der Waals surface area contributed by atoms with Gasteiger partial charge >= 0.3 is 5.97 Å². The monoisotopic (exact) mass is 274 g/mol. The summed E-state index contributed by atoms with van der Waals surface area (Å²) < 4.78 is 10.1. The SMILES string of the molecule is CCOCCN(C)CCCCC(C)(NC)C(=O)OC. The van der Waals surface area contributed by atoms with Gasteiger partial charge in [0.15, 0.2) is 0 Å². The zero-order chi connectivity index (χ0) is 14.7. The van der Waals surface area contributed by atoms with E-state index in [2.05, 4.69) is 17.3 Å². The second-order valence-electron chi connectivity index (χ2n) is 5.03. The Morgan fingerprint density at radius 2 is 2.00 bits per heavy atom. The first-order valence-electron chi connectivity index (χ1n) is 7.03. The molecule has 1 atom stereocenters. The number of ether oxygens (including phenoxy) is 2. The van der Waals surface area contributed by atoms with E-state index in [0.717, 1.165) is 45.6 Å². The summed E-state index contributed by atoms with van der Waals surface area (Å²) >= 11 is 0. The molecule has 5 heteroatoms. The number of carbonyl (C=O) groups is 1. The molecule has 114 valence electrons. The van der Waals surface area contributed by atoms with E-state index in [-0.39, 0.29) is 5.97 Å². The summed E-state index contributed by atoms with van der Waals surface area (Å²) in [4.78, 5) is 13.9. The number of carbonyl (C=O) groups excluding carboxylic acids is 1. The number of esters is 1. The summed E-state index contributed by atoms with van der Waals surface area (Å²) in [5.74, 6) is -0.195. The number of methoxy groups -OCH3 is 1. The third-order valence-electron chi connectivity index (χ3n) is 3.48. The van der Waals surface area contributed by atoms with Crippen molar-refractivity contribution in [2.75, 3.05) is 47.5 Å². The van der Waals surface area contributed by atoms with Gasteiger partial charge in [-0.3, -0.25) is 4.79 Å². The van der Waals surface area contributed by atoms with E-state index in [0.29, 0.717) is 0 Å². The molecule has 0 aromatic rings. The maximum absolute atomic E-state index is 11.7. The predicted octanol–water partition coefficient (Wildman–Crippen LogP) is 1.28. The Kier molecular flexibility index (Phi) is 9.83. The Labute approximate surface area is 117 Å². The third-order valence-corrected chi connectivity index (χ3v) is 3.48. The molecule has 0 fully saturated rings. The van der Waals surface area contributed by atoms with Crippen LogP contribution in [-0.2, 0) is 14.3 Å². The molecule has 0 heterocycles. The van der Waals surface area contributed by atoms with Crippen LogP contribution in [0.25, 0.3) is 0 Å². The smallest absolute Gasteiger partial charge is 0.325 e. The van der Waals surface area contributed by atoms with Crippen LogP contribution in [0.1, 0.15) is 33.1 Å². The number of nitrogens with zero attached hydrogens (tertiary/aromatic N) is 1. The fourth-order valence-electron chi connectivity index (χ4n) is 1.89. The van der Waals surface area contributed by atoms with Crippen LogP contribution in [0, 0.1) is 0 Å². The predicted molar refractivity (Wildman–Crippen MR) is 77.3 cm³/mol. The number of rotatable bonds is 11.